The molecule has 0 bridgehead atoms. The minimum Gasteiger partial charge on any atom is -0.459 e. The summed E-state index contributed by atoms with van der Waals surface area (Å²) in [6.07, 6.45) is 18.7. The number of ether oxygens (including phenoxy) is 1. The molecule has 0 aliphatic carbocycles. The Hall–Kier alpha value is -1.31. The summed E-state index contributed by atoms with van der Waals surface area (Å²) in [5.41, 5.74) is 0.643. The van der Waals surface area contributed by atoms with Gasteiger partial charge >= 0.3 is 5.97 Å². The third kappa shape index (κ3) is 12.1. The average molecular weight is 361 g/mol. The smallest absolute Gasteiger partial charge is 0.338 e. The monoisotopic (exact) mass is 360 g/mol. The molecule has 0 aliphatic heterocycles. The largest absolute Gasteiger partial charge is 0.459 e. The van der Waals surface area contributed by atoms with Gasteiger partial charge in [-0.05, 0) is 31.9 Å². The molecule has 1 aromatic rings. The molecule has 148 valence electrons. The summed E-state index contributed by atoms with van der Waals surface area (Å²) in [6.45, 7) is 4.28. The van der Waals surface area contributed by atoms with Gasteiger partial charge in [-0.1, -0.05) is 102 Å². The fourth-order valence-electron chi connectivity index (χ4n) is 3.33. The van der Waals surface area contributed by atoms with Crippen LogP contribution in [0.2, 0.25) is 0 Å². The number of rotatable bonds is 16. The van der Waals surface area contributed by atoms with E-state index in [1.54, 1.807) is 12.1 Å². The molecule has 0 N–H and O–H groups in total. The molecule has 2 heteroatoms. The van der Waals surface area contributed by atoms with Gasteiger partial charge < -0.3 is 4.74 Å². The third-order valence-corrected chi connectivity index (χ3v) is 5.03. The van der Waals surface area contributed by atoms with Crippen LogP contribution in [0.3, 0.4) is 0 Å². The quantitative estimate of drug-likeness (QED) is 0.223. The maximum atomic E-state index is 12.0. The summed E-state index contributed by atoms with van der Waals surface area (Å²) in [4.78, 5) is 12.0. The summed E-state index contributed by atoms with van der Waals surface area (Å²) >= 11 is 0. The van der Waals surface area contributed by atoms with Crippen LogP contribution in [0.4, 0.5) is 0 Å². The van der Waals surface area contributed by atoms with E-state index >= 15 is 0 Å². The Kier molecular flexibility index (Phi) is 13.9. The van der Waals surface area contributed by atoms with E-state index in [1.807, 2.05) is 25.1 Å². The predicted molar refractivity (Wildman–Crippen MR) is 112 cm³/mol. The number of hydrogen-bond donors (Lipinski definition) is 0. The minimum atomic E-state index is -0.201. The molecule has 2 nitrogen and oxygen atoms in total. The number of unbranched alkanes of at least 4 members (excludes halogenated alkanes) is 12. The first-order chi connectivity index (χ1) is 12.7. The van der Waals surface area contributed by atoms with Crippen molar-refractivity contribution in [3.63, 3.8) is 0 Å². The van der Waals surface area contributed by atoms with Crippen LogP contribution < -0.4 is 0 Å². The fourth-order valence-corrected chi connectivity index (χ4v) is 3.33. The van der Waals surface area contributed by atoms with Crippen molar-refractivity contribution in [2.75, 3.05) is 0 Å². The highest BCUT2D eigenvalue weighted by Gasteiger charge is 2.10. The summed E-state index contributed by atoms with van der Waals surface area (Å²) in [6, 6.07) is 9.26. The SMILES string of the molecule is CCCCCCCCCCCCCCCC(C)OC(=O)c1ccccc1. The fraction of sp³-hybridized carbons (Fsp3) is 0.708. The van der Waals surface area contributed by atoms with E-state index in [2.05, 4.69) is 6.92 Å². The first kappa shape index (κ1) is 22.7. The molecule has 26 heavy (non-hydrogen) atoms. The zero-order valence-electron chi connectivity index (χ0n) is 17.2. The van der Waals surface area contributed by atoms with Crippen LogP contribution in [-0.2, 0) is 4.74 Å². The van der Waals surface area contributed by atoms with Crippen LogP contribution in [0, 0.1) is 0 Å². The molecule has 0 aromatic heterocycles. The van der Waals surface area contributed by atoms with Crippen molar-refractivity contribution in [3.8, 4) is 0 Å². The number of carbonyl (C=O) groups is 1. The zero-order chi connectivity index (χ0) is 18.9. The molecule has 0 amide bonds. The van der Waals surface area contributed by atoms with Crippen molar-refractivity contribution in [2.45, 2.75) is 110 Å². The van der Waals surface area contributed by atoms with Gasteiger partial charge in [-0.3, -0.25) is 0 Å². The molecule has 0 aliphatic rings. The summed E-state index contributed by atoms with van der Waals surface area (Å²) in [7, 11) is 0. The maximum absolute atomic E-state index is 12.0. The lowest BCUT2D eigenvalue weighted by Gasteiger charge is -2.13. The molecule has 0 saturated heterocycles. The van der Waals surface area contributed by atoms with Crippen LogP contribution in [0.5, 0.6) is 0 Å². The van der Waals surface area contributed by atoms with E-state index in [0.717, 1.165) is 12.8 Å². The van der Waals surface area contributed by atoms with Crippen molar-refractivity contribution in [3.05, 3.63) is 35.9 Å². The Bertz CT molecular complexity index is 441. The second-order valence-electron chi connectivity index (χ2n) is 7.61. The Morgan fingerprint density at radius 1 is 0.769 bits per heavy atom. The van der Waals surface area contributed by atoms with Gasteiger partial charge in [0.15, 0.2) is 0 Å². The second-order valence-corrected chi connectivity index (χ2v) is 7.61. The molecular formula is C24H40O2. The summed E-state index contributed by atoms with van der Waals surface area (Å²) in [5, 5.41) is 0. The Balaban J connectivity index is 1.87. The first-order valence-corrected chi connectivity index (χ1v) is 11.0. The standard InChI is InChI=1S/C24H40O2/c1-3-4-5-6-7-8-9-10-11-12-13-14-16-19-22(2)26-24(25)23-20-17-15-18-21-23/h15,17-18,20-22H,3-14,16,19H2,1-2H3. The number of hydrogen-bond acceptors (Lipinski definition) is 2. The summed E-state index contributed by atoms with van der Waals surface area (Å²) in [5.74, 6) is -0.201. The van der Waals surface area contributed by atoms with Gasteiger partial charge in [-0.2, -0.15) is 0 Å². The van der Waals surface area contributed by atoms with Gasteiger partial charge in [0.25, 0.3) is 0 Å². The van der Waals surface area contributed by atoms with Gasteiger partial charge in [0.1, 0.15) is 0 Å². The average Bonchev–Trinajstić information content (AvgIpc) is 2.66. The van der Waals surface area contributed by atoms with Gasteiger partial charge in [0.05, 0.1) is 11.7 Å². The molecular weight excluding hydrogens is 320 g/mol. The Morgan fingerprint density at radius 2 is 1.23 bits per heavy atom. The molecule has 1 rings (SSSR count). The second kappa shape index (κ2) is 15.9. The molecule has 0 radical (unpaired) electrons. The highest BCUT2D eigenvalue weighted by atomic mass is 16.5. The van der Waals surface area contributed by atoms with E-state index in [0.29, 0.717) is 5.56 Å². The highest BCUT2D eigenvalue weighted by Crippen LogP contribution is 2.14. The number of esters is 1. The van der Waals surface area contributed by atoms with Crippen molar-refractivity contribution < 1.29 is 9.53 Å². The normalized spacial score (nSPS) is 12.1. The molecule has 1 atom stereocenters. The molecule has 0 spiro atoms. The molecule has 0 saturated carbocycles. The highest BCUT2D eigenvalue weighted by molar-refractivity contribution is 5.89. The lowest BCUT2D eigenvalue weighted by molar-refractivity contribution is 0.0319. The van der Waals surface area contributed by atoms with Crippen LogP contribution in [-0.4, -0.2) is 12.1 Å². The molecule has 1 aromatic carbocycles. The Morgan fingerprint density at radius 3 is 1.73 bits per heavy atom. The zero-order valence-corrected chi connectivity index (χ0v) is 17.2. The van der Waals surface area contributed by atoms with Crippen LogP contribution in [0.1, 0.15) is 114 Å². The van der Waals surface area contributed by atoms with Crippen LogP contribution in [0.15, 0.2) is 30.3 Å². The topological polar surface area (TPSA) is 26.3 Å². The maximum Gasteiger partial charge on any atom is 0.338 e. The van der Waals surface area contributed by atoms with E-state index in [4.69, 9.17) is 4.74 Å². The number of benzene rings is 1. The van der Waals surface area contributed by atoms with Gasteiger partial charge in [-0.25, -0.2) is 4.79 Å². The Labute approximate surface area is 161 Å². The van der Waals surface area contributed by atoms with Crippen molar-refractivity contribution in [1.82, 2.24) is 0 Å². The van der Waals surface area contributed by atoms with Crippen LogP contribution >= 0.6 is 0 Å². The predicted octanol–water partition coefficient (Wildman–Crippen LogP) is 7.71. The van der Waals surface area contributed by atoms with E-state index in [9.17, 15) is 4.79 Å². The van der Waals surface area contributed by atoms with Crippen LogP contribution in [0.25, 0.3) is 0 Å². The van der Waals surface area contributed by atoms with E-state index in [-0.39, 0.29) is 12.1 Å². The van der Waals surface area contributed by atoms with E-state index < -0.39 is 0 Å². The minimum absolute atomic E-state index is 0.00964. The first-order valence-electron chi connectivity index (χ1n) is 11.0. The van der Waals surface area contributed by atoms with Crippen molar-refractivity contribution in [2.24, 2.45) is 0 Å². The number of carbonyl (C=O) groups excluding carboxylic acids is 1. The van der Waals surface area contributed by atoms with E-state index in [1.165, 1.54) is 77.0 Å². The van der Waals surface area contributed by atoms with Crippen molar-refractivity contribution in [1.29, 1.82) is 0 Å². The molecule has 1 unspecified atom stereocenters. The molecule has 0 heterocycles. The van der Waals surface area contributed by atoms with Gasteiger partial charge in [0.2, 0.25) is 0 Å². The summed E-state index contributed by atoms with van der Waals surface area (Å²) < 4.78 is 5.50. The lowest BCUT2D eigenvalue weighted by Crippen LogP contribution is -2.14. The third-order valence-electron chi connectivity index (χ3n) is 5.03. The van der Waals surface area contributed by atoms with Gasteiger partial charge in [-0.15, -0.1) is 0 Å². The lowest BCUT2D eigenvalue weighted by atomic mass is 10.0. The molecule has 0 fully saturated rings. The van der Waals surface area contributed by atoms with Gasteiger partial charge in [0, 0.05) is 0 Å². The van der Waals surface area contributed by atoms with Crippen molar-refractivity contribution >= 4 is 5.97 Å².